The number of rotatable bonds is 7. The molecule has 1 saturated heterocycles. The van der Waals surface area contributed by atoms with Crippen LogP contribution < -0.4 is 5.73 Å². The number of benzene rings is 1. The van der Waals surface area contributed by atoms with Crippen molar-refractivity contribution < 1.29 is 4.79 Å². The van der Waals surface area contributed by atoms with E-state index >= 15 is 0 Å². The highest BCUT2D eigenvalue weighted by atomic mass is 35.5. The van der Waals surface area contributed by atoms with E-state index in [2.05, 4.69) is 4.90 Å². The molecule has 1 aromatic carbocycles. The molecule has 1 aliphatic heterocycles. The number of nitrogens with two attached hydrogens (primary N) is 1. The lowest BCUT2D eigenvalue weighted by Crippen LogP contribution is -2.40. The largest absolute Gasteiger partial charge is 0.334 e. The van der Waals surface area contributed by atoms with Crippen LogP contribution in [0.25, 0.3) is 0 Å². The fraction of sp³-hybridized carbons (Fsp3) is 0.588. The van der Waals surface area contributed by atoms with Gasteiger partial charge in [0, 0.05) is 29.5 Å². The third-order valence-electron chi connectivity index (χ3n) is 4.05. The van der Waals surface area contributed by atoms with Crippen LogP contribution in [0.5, 0.6) is 0 Å². The quantitative estimate of drug-likeness (QED) is 0.721. The van der Waals surface area contributed by atoms with Crippen molar-refractivity contribution in [3.8, 4) is 0 Å². The first-order chi connectivity index (χ1) is 10.7. The number of unbranched alkanes of at least 4 members (excludes halogenated alkanes) is 3. The number of amides is 1. The second-order valence-corrected chi connectivity index (χ2v) is 7.27. The molecule has 1 aromatic rings. The Morgan fingerprint density at radius 2 is 1.91 bits per heavy atom. The van der Waals surface area contributed by atoms with Gasteiger partial charge in [-0.15, -0.1) is 12.4 Å². The zero-order valence-corrected chi connectivity index (χ0v) is 15.8. The summed E-state index contributed by atoms with van der Waals surface area (Å²) in [5, 5.41) is 0.741. The summed E-state index contributed by atoms with van der Waals surface area (Å²) < 4.78 is 0. The van der Waals surface area contributed by atoms with E-state index in [0.29, 0.717) is 6.42 Å². The van der Waals surface area contributed by atoms with Crippen LogP contribution >= 0.6 is 35.8 Å². The molecule has 1 unspecified atom stereocenters. The molecule has 3 nitrogen and oxygen atoms in total. The molecule has 0 spiro atoms. The fourth-order valence-electron chi connectivity index (χ4n) is 2.78. The number of halogens is 2. The van der Waals surface area contributed by atoms with Gasteiger partial charge in [0.05, 0.1) is 6.04 Å². The summed E-state index contributed by atoms with van der Waals surface area (Å²) in [6.07, 6.45) is 4.90. The normalized spacial score (nSPS) is 17.7. The summed E-state index contributed by atoms with van der Waals surface area (Å²) in [5.41, 5.74) is 6.68. The van der Waals surface area contributed by atoms with Gasteiger partial charge in [0.25, 0.3) is 0 Å². The first-order valence-corrected chi connectivity index (χ1v) is 9.58. The van der Waals surface area contributed by atoms with E-state index in [9.17, 15) is 4.79 Å². The first-order valence-electron chi connectivity index (χ1n) is 8.05. The van der Waals surface area contributed by atoms with Crippen molar-refractivity contribution in [1.29, 1.82) is 0 Å². The van der Waals surface area contributed by atoms with Gasteiger partial charge in [-0.05, 0) is 37.1 Å². The van der Waals surface area contributed by atoms with Crippen LogP contribution in [0.1, 0.15) is 43.7 Å². The van der Waals surface area contributed by atoms with Gasteiger partial charge < -0.3 is 10.6 Å². The van der Waals surface area contributed by atoms with Gasteiger partial charge in [0.15, 0.2) is 0 Å². The molecule has 23 heavy (non-hydrogen) atoms. The van der Waals surface area contributed by atoms with Gasteiger partial charge in [-0.3, -0.25) is 4.79 Å². The van der Waals surface area contributed by atoms with Crippen molar-refractivity contribution in [3.05, 3.63) is 34.9 Å². The lowest BCUT2D eigenvalue weighted by atomic mass is 10.1. The minimum absolute atomic E-state index is 0. The molecule has 1 amide bonds. The Hall–Kier alpha value is -0.420. The number of nitrogens with zero attached hydrogens (tertiary/aromatic N) is 1. The Bertz CT molecular complexity index is 470. The van der Waals surface area contributed by atoms with E-state index in [1.807, 2.05) is 36.0 Å². The van der Waals surface area contributed by atoms with Crippen LogP contribution in [0.3, 0.4) is 0 Å². The number of hydrogen-bond acceptors (Lipinski definition) is 3. The fourth-order valence-corrected chi connectivity index (χ4v) is 4.00. The molecule has 2 N–H and O–H groups in total. The minimum atomic E-state index is 0. The molecule has 1 heterocycles. The smallest absolute Gasteiger partial charge is 0.223 e. The first kappa shape index (κ1) is 20.6. The molecule has 2 rings (SSSR count). The topological polar surface area (TPSA) is 46.3 Å². The summed E-state index contributed by atoms with van der Waals surface area (Å²) in [6.45, 7) is 1.59. The Morgan fingerprint density at radius 1 is 1.22 bits per heavy atom. The minimum Gasteiger partial charge on any atom is -0.334 e. The molecule has 0 saturated carbocycles. The van der Waals surface area contributed by atoms with Crippen molar-refractivity contribution in [2.45, 2.75) is 38.1 Å². The van der Waals surface area contributed by atoms with Crippen molar-refractivity contribution in [1.82, 2.24) is 4.90 Å². The van der Waals surface area contributed by atoms with Gasteiger partial charge >= 0.3 is 0 Å². The maximum atomic E-state index is 12.5. The van der Waals surface area contributed by atoms with Crippen molar-refractivity contribution >= 4 is 41.7 Å². The predicted octanol–water partition coefficient (Wildman–Crippen LogP) is 4.29. The molecular formula is C17H26Cl2N2OS. The Balaban J connectivity index is 0.00000264. The standard InChI is InChI=1S/C17H25ClN2OS.ClH/c18-15-8-6-14(7-9-15)16-13-22-12-11-20(16)17(21)5-3-1-2-4-10-19;/h6-9,16H,1-5,10-13,19H2;1H. The zero-order valence-electron chi connectivity index (χ0n) is 13.4. The number of hydrogen-bond donors (Lipinski definition) is 1. The molecule has 0 radical (unpaired) electrons. The highest BCUT2D eigenvalue weighted by molar-refractivity contribution is 7.99. The summed E-state index contributed by atoms with van der Waals surface area (Å²) in [6, 6.07) is 8.09. The molecule has 6 heteroatoms. The van der Waals surface area contributed by atoms with E-state index < -0.39 is 0 Å². The average molecular weight is 377 g/mol. The van der Waals surface area contributed by atoms with Gasteiger partial charge in [0.2, 0.25) is 5.91 Å². The molecule has 0 aliphatic carbocycles. The van der Waals surface area contributed by atoms with E-state index in [-0.39, 0.29) is 24.4 Å². The molecule has 0 aromatic heterocycles. The van der Waals surface area contributed by atoms with Crippen molar-refractivity contribution in [3.63, 3.8) is 0 Å². The van der Waals surface area contributed by atoms with Gasteiger partial charge in [-0.25, -0.2) is 0 Å². The number of carbonyl (C=O) groups excluding carboxylic acids is 1. The molecule has 0 bridgehead atoms. The van der Waals surface area contributed by atoms with Crippen molar-refractivity contribution in [2.24, 2.45) is 5.73 Å². The lowest BCUT2D eigenvalue weighted by molar-refractivity contribution is -0.133. The van der Waals surface area contributed by atoms with Crippen LogP contribution in [-0.4, -0.2) is 35.4 Å². The second kappa shape index (κ2) is 11.2. The second-order valence-electron chi connectivity index (χ2n) is 5.68. The molecule has 1 atom stereocenters. The summed E-state index contributed by atoms with van der Waals surface area (Å²) in [4.78, 5) is 14.6. The average Bonchev–Trinajstić information content (AvgIpc) is 2.55. The highest BCUT2D eigenvalue weighted by Gasteiger charge is 2.27. The third-order valence-corrected chi connectivity index (χ3v) is 5.32. The summed E-state index contributed by atoms with van der Waals surface area (Å²) in [7, 11) is 0. The Labute approximate surface area is 154 Å². The SMILES string of the molecule is Cl.NCCCCCCC(=O)N1CCSCC1c1ccc(Cl)cc1. The van der Waals surface area contributed by atoms with Crippen LogP contribution in [0.4, 0.5) is 0 Å². The highest BCUT2D eigenvalue weighted by Crippen LogP contribution is 2.31. The van der Waals surface area contributed by atoms with E-state index in [0.717, 1.165) is 55.3 Å². The zero-order chi connectivity index (χ0) is 15.8. The van der Waals surface area contributed by atoms with E-state index in [1.54, 1.807) is 0 Å². The van der Waals surface area contributed by atoms with E-state index in [1.165, 1.54) is 5.56 Å². The van der Waals surface area contributed by atoms with Crippen LogP contribution in [0, 0.1) is 0 Å². The van der Waals surface area contributed by atoms with Gasteiger partial charge in [0.1, 0.15) is 0 Å². The Kier molecular flexibility index (Phi) is 10.0. The number of carbonyl (C=O) groups is 1. The summed E-state index contributed by atoms with van der Waals surface area (Å²) in [5.74, 6) is 2.29. The van der Waals surface area contributed by atoms with E-state index in [4.69, 9.17) is 17.3 Å². The molecule has 1 aliphatic rings. The molecular weight excluding hydrogens is 351 g/mol. The van der Waals surface area contributed by atoms with Crippen molar-refractivity contribution in [2.75, 3.05) is 24.6 Å². The molecule has 1 fully saturated rings. The predicted molar refractivity (Wildman–Crippen MR) is 103 cm³/mol. The lowest BCUT2D eigenvalue weighted by Gasteiger charge is -2.36. The van der Waals surface area contributed by atoms with Crippen LogP contribution in [0.2, 0.25) is 5.02 Å². The van der Waals surface area contributed by atoms with Gasteiger partial charge in [-0.1, -0.05) is 36.6 Å². The monoisotopic (exact) mass is 376 g/mol. The summed E-state index contributed by atoms with van der Waals surface area (Å²) >= 11 is 7.88. The number of thioether (sulfide) groups is 1. The maximum absolute atomic E-state index is 12.5. The van der Waals surface area contributed by atoms with Crippen LogP contribution in [0.15, 0.2) is 24.3 Å². The molecule has 130 valence electrons. The van der Waals surface area contributed by atoms with Crippen LogP contribution in [-0.2, 0) is 4.79 Å². The Morgan fingerprint density at radius 3 is 2.61 bits per heavy atom. The third kappa shape index (κ3) is 6.54. The van der Waals surface area contributed by atoms with Gasteiger partial charge in [-0.2, -0.15) is 11.8 Å². The maximum Gasteiger partial charge on any atom is 0.223 e.